The van der Waals surface area contributed by atoms with E-state index in [0.717, 1.165) is 18.2 Å². The molecule has 7 nitrogen and oxygen atoms in total. The fourth-order valence-electron chi connectivity index (χ4n) is 2.95. The zero-order valence-electron chi connectivity index (χ0n) is 16.5. The van der Waals surface area contributed by atoms with Crippen molar-refractivity contribution >= 4 is 34.3 Å². The molecule has 0 atom stereocenters. The van der Waals surface area contributed by atoms with Crippen molar-refractivity contribution < 1.29 is 14.4 Å². The largest absolute Gasteiger partial charge is 0.347 e. The number of para-hydroxylation sites is 1. The van der Waals surface area contributed by atoms with Gasteiger partial charge < -0.3 is 15.5 Å². The van der Waals surface area contributed by atoms with Gasteiger partial charge in [-0.2, -0.15) is 0 Å². The standard InChI is InChI=1S/C21H28N4O3/c1-3-13-25(14-4-2)20(28)11-10-18(26)23-15-19(27)24-17-9-5-7-16-8-6-12-22-21(16)17/h5-9,12H,3-4,10-11,13-15H2,1-2H3,(H,23,26)(H,24,27). The van der Waals surface area contributed by atoms with E-state index in [9.17, 15) is 14.4 Å². The normalized spacial score (nSPS) is 10.5. The molecule has 0 aliphatic heterocycles. The third-order valence-corrected chi connectivity index (χ3v) is 4.26. The van der Waals surface area contributed by atoms with Crippen molar-refractivity contribution in [2.45, 2.75) is 39.5 Å². The molecule has 2 N–H and O–H groups in total. The van der Waals surface area contributed by atoms with Crippen LogP contribution in [0.15, 0.2) is 36.5 Å². The third-order valence-electron chi connectivity index (χ3n) is 4.26. The second-order valence-electron chi connectivity index (χ2n) is 6.59. The number of benzene rings is 1. The number of rotatable bonds is 10. The summed E-state index contributed by atoms with van der Waals surface area (Å²) in [6.07, 6.45) is 3.67. The van der Waals surface area contributed by atoms with Gasteiger partial charge in [-0.05, 0) is 25.0 Å². The van der Waals surface area contributed by atoms with Gasteiger partial charge in [0.2, 0.25) is 17.7 Å². The highest BCUT2D eigenvalue weighted by Gasteiger charge is 2.14. The third kappa shape index (κ3) is 6.33. The maximum Gasteiger partial charge on any atom is 0.243 e. The van der Waals surface area contributed by atoms with Crippen LogP contribution in [0.5, 0.6) is 0 Å². The molecule has 0 bridgehead atoms. The summed E-state index contributed by atoms with van der Waals surface area (Å²) in [6, 6.07) is 9.26. The Labute approximate surface area is 165 Å². The summed E-state index contributed by atoms with van der Waals surface area (Å²) in [7, 11) is 0. The van der Waals surface area contributed by atoms with Gasteiger partial charge in [-0.15, -0.1) is 0 Å². The van der Waals surface area contributed by atoms with Crippen molar-refractivity contribution in [3.63, 3.8) is 0 Å². The summed E-state index contributed by atoms with van der Waals surface area (Å²) in [6.45, 7) is 5.30. The molecule has 7 heteroatoms. The lowest BCUT2D eigenvalue weighted by molar-refractivity contribution is -0.133. The van der Waals surface area contributed by atoms with Crippen LogP contribution in [-0.2, 0) is 14.4 Å². The van der Waals surface area contributed by atoms with Crippen molar-refractivity contribution in [3.05, 3.63) is 36.5 Å². The predicted octanol–water partition coefficient (Wildman–Crippen LogP) is 2.72. The summed E-state index contributed by atoms with van der Waals surface area (Å²) < 4.78 is 0. The van der Waals surface area contributed by atoms with Gasteiger partial charge in [-0.3, -0.25) is 19.4 Å². The fourth-order valence-corrected chi connectivity index (χ4v) is 2.95. The number of carbonyl (C=O) groups excluding carboxylic acids is 3. The average molecular weight is 384 g/mol. The number of fused-ring (bicyclic) bond motifs is 1. The molecule has 1 aromatic heterocycles. The van der Waals surface area contributed by atoms with Gasteiger partial charge in [0.15, 0.2) is 0 Å². The molecule has 0 unspecified atom stereocenters. The number of carbonyl (C=O) groups is 3. The second-order valence-corrected chi connectivity index (χ2v) is 6.59. The molecule has 150 valence electrons. The van der Waals surface area contributed by atoms with Gasteiger partial charge in [0.1, 0.15) is 0 Å². The Morgan fingerprint density at radius 3 is 2.39 bits per heavy atom. The molecule has 0 aliphatic carbocycles. The molecule has 0 fully saturated rings. The molecule has 28 heavy (non-hydrogen) atoms. The molecule has 0 aliphatic rings. The Morgan fingerprint density at radius 2 is 1.68 bits per heavy atom. The Morgan fingerprint density at radius 1 is 0.964 bits per heavy atom. The van der Waals surface area contributed by atoms with Crippen molar-refractivity contribution in [3.8, 4) is 0 Å². The van der Waals surface area contributed by atoms with Gasteiger partial charge in [0, 0.05) is 37.5 Å². The first-order chi connectivity index (χ1) is 13.5. The van der Waals surface area contributed by atoms with E-state index >= 15 is 0 Å². The first-order valence-electron chi connectivity index (χ1n) is 9.73. The van der Waals surface area contributed by atoms with E-state index in [1.165, 1.54) is 0 Å². The van der Waals surface area contributed by atoms with Gasteiger partial charge in [-0.1, -0.05) is 32.0 Å². The summed E-state index contributed by atoms with van der Waals surface area (Å²) in [5.74, 6) is -0.672. The molecule has 2 rings (SSSR count). The van der Waals surface area contributed by atoms with Crippen LogP contribution in [0.1, 0.15) is 39.5 Å². The quantitative estimate of drug-likeness (QED) is 0.659. The van der Waals surface area contributed by atoms with E-state index in [0.29, 0.717) is 24.3 Å². The molecule has 0 spiro atoms. The summed E-state index contributed by atoms with van der Waals surface area (Å²) in [4.78, 5) is 42.4. The molecule has 0 radical (unpaired) electrons. The van der Waals surface area contributed by atoms with Crippen molar-refractivity contribution in [2.75, 3.05) is 25.0 Å². The maximum absolute atomic E-state index is 12.2. The molecule has 0 saturated heterocycles. The number of aromatic nitrogens is 1. The summed E-state index contributed by atoms with van der Waals surface area (Å²) in [5, 5.41) is 6.26. The lowest BCUT2D eigenvalue weighted by atomic mass is 10.2. The van der Waals surface area contributed by atoms with Crippen LogP contribution in [0.3, 0.4) is 0 Å². The molecule has 1 heterocycles. The van der Waals surface area contributed by atoms with E-state index in [1.54, 1.807) is 17.2 Å². The van der Waals surface area contributed by atoms with E-state index in [4.69, 9.17) is 0 Å². The summed E-state index contributed by atoms with van der Waals surface area (Å²) in [5.41, 5.74) is 1.30. The van der Waals surface area contributed by atoms with E-state index in [2.05, 4.69) is 15.6 Å². The molecule has 1 aromatic carbocycles. The van der Waals surface area contributed by atoms with Crippen LogP contribution in [0.25, 0.3) is 10.9 Å². The van der Waals surface area contributed by atoms with Crippen molar-refractivity contribution in [1.82, 2.24) is 15.2 Å². The second kappa shape index (κ2) is 11.0. The molecular formula is C21H28N4O3. The highest BCUT2D eigenvalue weighted by Crippen LogP contribution is 2.20. The predicted molar refractivity (Wildman–Crippen MR) is 110 cm³/mol. The number of pyridine rings is 1. The van der Waals surface area contributed by atoms with Gasteiger partial charge in [0.05, 0.1) is 17.7 Å². The van der Waals surface area contributed by atoms with Crippen LogP contribution in [0.4, 0.5) is 5.69 Å². The first kappa shape index (κ1) is 21.3. The van der Waals surface area contributed by atoms with E-state index in [-0.39, 0.29) is 37.1 Å². The highest BCUT2D eigenvalue weighted by molar-refractivity contribution is 6.01. The fraction of sp³-hybridized carbons (Fsp3) is 0.429. The van der Waals surface area contributed by atoms with E-state index in [1.807, 2.05) is 38.1 Å². The SMILES string of the molecule is CCCN(CCC)C(=O)CCC(=O)NCC(=O)Nc1cccc2cccnc12. The molecule has 0 saturated carbocycles. The minimum absolute atomic E-state index is 0.0230. The molecule has 3 amide bonds. The number of amides is 3. The smallest absolute Gasteiger partial charge is 0.243 e. The highest BCUT2D eigenvalue weighted by atomic mass is 16.2. The minimum atomic E-state index is -0.337. The van der Waals surface area contributed by atoms with Crippen molar-refractivity contribution in [2.24, 2.45) is 0 Å². The molecular weight excluding hydrogens is 356 g/mol. The van der Waals surface area contributed by atoms with Crippen LogP contribution in [0.2, 0.25) is 0 Å². The van der Waals surface area contributed by atoms with Crippen molar-refractivity contribution in [1.29, 1.82) is 0 Å². The van der Waals surface area contributed by atoms with Gasteiger partial charge >= 0.3 is 0 Å². The number of hydrogen-bond donors (Lipinski definition) is 2. The lowest BCUT2D eigenvalue weighted by Crippen LogP contribution is -2.35. The average Bonchev–Trinajstić information content (AvgIpc) is 2.70. The molecule has 2 aromatic rings. The Hall–Kier alpha value is -2.96. The van der Waals surface area contributed by atoms with Crippen LogP contribution in [0, 0.1) is 0 Å². The Kier molecular flexibility index (Phi) is 8.39. The zero-order valence-corrected chi connectivity index (χ0v) is 16.5. The van der Waals surface area contributed by atoms with Crippen LogP contribution >= 0.6 is 0 Å². The minimum Gasteiger partial charge on any atom is -0.347 e. The van der Waals surface area contributed by atoms with Gasteiger partial charge in [0.25, 0.3) is 0 Å². The monoisotopic (exact) mass is 384 g/mol. The summed E-state index contributed by atoms with van der Waals surface area (Å²) >= 11 is 0. The van der Waals surface area contributed by atoms with Crippen LogP contribution in [-0.4, -0.2) is 47.2 Å². The van der Waals surface area contributed by atoms with Gasteiger partial charge in [-0.25, -0.2) is 0 Å². The topological polar surface area (TPSA) is 91.4 Å². The number of hydrogen-bond acceptors (Lipinski definition) is 4. The Bertz CT molecular complexity index is 811. The Balaban J connectivity index is 1.79. The lowest BCUT2D eigenvalue weighted by Gasteiger charge is -2.21. The maximum atomic E-state index is 12.2. The first-order valence-corrected chi connectivity index (χ1v) is 9.73. The number of nitrogens with zero attached hydrogens (tertiary/aromatic N) is 2. The zero-order chi connectivity index (χ0) is 20.4. The number of anilines is 1. The van der Waals surface area contributed by atoms with Crippen LogP contribution < -0.4 is 10.6 Å². The number of nitrogens with one attached hydrogen (secondary N) is 2. The van der Waals surface area contributed by atoms with E-state index < -0.39 is 0 Å².